The molecule has 1 saturated carbocycles. The minimum absolute atomic E-state index is 0.165. The number of carbonyl (C=O) groups excluding carboxylic acids is 2. The van der Waals surface area contributed by atoms with Gasteiger partial charge in [0, 0.05) is 17.7 Å². The van der Waals surface area contributed by atoms with Gasteiger partial charge in [-0.1, -0.05) is 44.9 Å². The predicted octanol–water partition coefficient (Wildman–Crippen LogP) is 3.58. The molecule has 5 nitrogen and oxygen atoms in total. The fourth-order valence-electron chi connectivity index (χ4n) is 3.28. The fraction of sp³-hybridized carbons (Fsp3) is 0.524. The number of esters is 1. The molecule has 2 rings (SSSR count). The van der Waals surface area contributed by atoms with Crippen LogP contribution in [0.25, 0.3) is 6.08 Å². The SMILES string of the molecule is CCOc1ccccc1/C=C/C(=O)OCC(=O)N[C@H]1CCC[C@H](C)[C@@H]1C. The van der Waals surface area contributed by atoms with Gasteiger partial charge in [-0.25, -0.2) is 4.79 Å². The summed E-state index contributed by atoms with van der Waals surface area (Å²) in [4.78, 5) is 23.9. The largest absolute Gasteiger partial charge is 0.493 e. The molecule has 0 bridgehead atoms. The highest BCUT2D eigenvalue weighted by atomic mass is 16.5. The highest BCUT2D eigenvalue weighted by molar-refractivity contribution is 5.89. The summed E-state index contributed by atoms with van der Waals surface area (Å²) in [5.74, 6) is 0.962. The van der Waals surface area contributed by atoms with E-state index in [0.717, 1.165) is 18.4 Å². The summed E-state index contributed by atoms with van der Waals surface area (Å²) in [6, 6.07) is 7.60. The smallest absolute Gasteiger partial charge is 0.331 e. The summed E-state index contributed by atoms with van der Waals surface area (Å²) in [6.45, 7) is 6.58. The minimum Gasteiger partial charge on any atom is -0.493 e. The Balaban J connectivity index is 1.80. The Morgan fingerprint density at radius 3 is 2.77 bits per heavy atom. The average Bonchev–Trinajstić information content (AvgIpc) is 2.63. The van der Waals surface area contributed by atoms with Crippen LogP contribution in [0.3, 0.4) is 0 Å². The van der Waals surface area contributed by atoms with Crippen molar-refractivity contribution in [2.24, 2.45) is 11.8 Å². The Morgan fingerprint density at radius 1 is 1.23 bits per heavy atom. The van der Waals surface area contributed by atoms with E-state index in [2.05, 4.69) is 19.2 Å². The molecule has 1 aliphatic carbocycles. The van der Waals surface area contributed by atoms with E-state index in [-0.39, 0.29) is 18.6 Å². The molecule has 1 N–H and O–H groups in total. The van der Waals surface area contributed by atoms with Crippen LogP contribution in [0.5, 0.6) is 5.75 Å². The molecular weight excluding hydrogens is 330 g/mol. The van der Waals surface area contributed by atoms with Crippen LogP contribution in [-0.2, 0) is 14.3 Å². The van der Waals surface area contributed by atoms with E-state index in [1.165, 1.54) is 12.5 Å². The third kappa shape index (κ3) is 5.90. The summed E-state index contributed by atoms with van der Waals surface area (Å²) in [5.41, 5.74) is 0.792. The van der Waals surface area contributed by atoms with E-state index < -0.39 is 5.97 Å². The molecule has 142 valence electrons. The van der Waals surface area contributed by atoms with Gasteiger partial charge in [0.15, 0.2) is 6.61 Å². The Morgan fingerprint density at radius 2 is 2.00 bits per heavy atom. The Hall–Kier alpha value is -2.30. The van der Waals surface area contributed by atoms with Crippen LogP contribution in [0.4, 0.5) is 0 Å². The summed E-state index contributed by atoms with van der Waals surface area (Å²) >= 11 is 0. The van der Waals surface area contributed by atoms with Crippen molar-refractivity contribution in [3.63, 3.8) is 0 Å². The fourth-order valence-corrected chi connectivity index (χ4v) is 3.28. The molecular formula is C21H29NO4. The van der Waals surface area contributed by atoms with Crippen molar-refractivity contribution >= 4 is 18.0 Å². The first-order valence-electron chi connectivity index (χ1n) is 9.37. The first-order valence-corrected chi connectivity index (χ1v) is 9.37. The van der Waals surface area contributed by atoms with E-state index in [9.17, 15) is 9.59 Å². The van der Waals surface area contributed by atoms with E-state index in [1.807, 2.05) is 31.2 Å². The van der Waals surface area contributed by atoms with Crippen LogP contribution in [0.2, 0.25) is 0 Å². The number of hydrogen-bond acceptors (Lipinski definition) is 4. The van der Waals surface area contributed by atoms with Gasteiger partial charge in [0.05, 0.1) is 6.61 Å². The van der Waals surface area contributed by atoms with Crippen molar-refractivity contribution in [1.82, 2.24) is 5.32 Å². The summed E-state index contributed by atoms with van der Waals surface area (Å²) in [5, 5.41) is 2.99. The zero-order chi connectivity index (χ0) is 18.9. The molecule has 1 aromatic rings. The highest BCUT2D eigenvalue weighted by Gasteiger charge is 2.28. The van der Waals surface area contributed by atoms with Crippen molar-refractivity contribution in [3.8, 4) is 5.75 Å². The van der Waals surface area contributed by atoms with Crippen molar-refractivity contribution in [3.05, 3.63) is 35.9 Å². The predicted molar refractivity (Wildman–Crippen MR) is 102 cm³/mol. The lowest BCUT2D eigenvalue weighted by Gasteiger charge is -2.34. The second kappa shape index (κ2) is 10.00. The molecule has 1 amide bonds. The monoisotopic (exact) mass is 359 g/mol. The average molecular weight is 359 g/mol. The second-order valence-corrected chi connectivity index (χ2v) is 6.85. The van der Waals surface area contributed by atoms with Crippen molar-refractivity contribution < 1.29 is 19.1 Å². The Bertz CT molecular complexity index is 641. The maximum Gasteiger partial charge on any atom is 0.331 e. The normalized spacial score (nSPS) is 22.8. The van der Waals surface area contributed by atoms with E-state index in [1.54, 1.807) is 6.08 Å². The molecule has 0 spiro atoms. The molecule has 5 heteroatoms. The zero-order valence-corrected chi connectivity index (χ0v) is 15.9. The number of para-hydroxylation sites is 1. The lowest BCUT2D eigenvalue weighted by atomic mass is 9.78. The summed E-state index contributed by atoms with van der Waals surface area (Å²) < 4.78 is 10.6. The molecule has 0 unspecified atom stereocenters. The lowest BCUT2D eigenvalue weighted by Crippen LogP contribution is -2.45. The van der Waals surface area contributed by atoms with E-state index in [4.69, 9.17) is 9.47 Å². The van der Waals surface area contributed by atoms with Crippen molar-refractivity contribution in [2.75, 3.05) is 13.2 Å². The Kier molecular flexibility index (Phi) is 7.70. The first kappa shape index (κ1) is 20.0. The number of nitrogens with one attached hydrogen (secondary N) is 1. The van der Waals surface area contributed by atoms with E-state index in [0.29, 0.717) is 24.2 Å². The first-order chi connectivity index (χ1) is 12.5. The van der Waals surface area contributed by atoms with Crippen molar-refractivity contribution in [2.45, 2.75) is 46.1 Å². The zero-order valence-electron chi connectivity index (χ0n) is 15.9. The molecule has 0 heterocycles. The van der Waals surface area contributed by atoms with Gasteiger partial charge in [0.25, 0.3) is 5.91 Å². The van der Waals surface area contributed by atoms with Crippen LogP contribution in [0.15, 0.2) is 30.3 Å². The maximum absolute atomic E-state index is 12.0. The second-order valence-electron chi connectivity index (χ2n) is 6.85. The molecule has 1 aromatic carbocycles. The van der Waals surface area contributed by atoms with Gasteiger partial charge < -0.3 is 14.8 Å². The molecule has 0 aromatic heterocycles. The molecule has 0 saturated heterocycles. The Labute approximate surface area is 155 Å². The number of benzene rings is 1. The summed E-state index contributed by atoms with van der Waals surface area (Å²) in [6.07, 6.45) is 6.26. The molecule has 26 heavy (non-hydrogen) atoms. The van der Waals surface area contributed by atoms with E-state index >= 15 is 0 Å². The van der Waals surface area contributed by atoms with Gasteiger partial charge in [0.2, 0.25) is 0 Å². The lowest BCUT2D eigenvalue weighted by molar-refractivity contribution is -0.144. The van der Waals surface area contributed by atoms with Gasteiger partial charge in [0.1, 0.15) is 5.75 Å². The molecule has 0 aliphatic heterocycles. The number of amides is 1. The van der Waals surface area contributed by atoms with Crippen LogP contribution in [0, 0.1) is 11.8 Å². The number of carbonyl (C=O) groups is 2. The number of ether oxygens (including phenoxy) is 2. The molecule has 0 radical (unpaired) electrons. The third-order valence-electron chi connectivity index (χ3n) is 5.02. The molecule has 3 atom stereocenters. The van der Waals surface area contributed by atoms with Gasteiger partial charge in [-0.2, -0.15) is 0 Å². The standard InChI is InChI=1S/C21H29NO4/c1-4-25-19-11-6-5-9-17(19)12-13-21(24)26-14-20(23)22-18-10-7-8-15(2)16(18)3/h5-6,9,11-13,15-16,18H,4,7-8,10,14H2,1-3H3,(H,22,23)/b13-12+/t15-,16-,18-/m0/s1. The van der Waals surface area contributed by atoms with Gasteiger partial charge in [-0.3, -0.25) is 4.79 Å². The van der Waals surface area contributed by atoms with Gasteiger partial charge in [-0.15, -0.1) is 0 Å². The number of rotatable bonds is 7. The van der Waals surface area contributed by atoms with Gasteiger partial charge in [-0.05, 0) is 37.3 Å². The summed E-state index contributed by atoms with van der Waals surface area (Å²) in [7, 11) is 0. The third-order valence-corrected chi connectivity index (χ3v) is 5.02. The highest BCUT2D eigenvalue weighted by Crippen LogP contribution is 2.29. The topological polar surface area (TPSA) is 64.6 Å². The van der Waals surface area contributed by atoms with Crippen LogP contribution in [0.1, 0.15) is 45.6 Å². The molecule has 1 aliphatic rings. The van der Waals surface area contributed by atoms with Crippen LogP contribution < -0.4 is 10.1 Å². The van der Waals surface area contributed by atoms with Crippen LogP contribution >= 0.6 is 0 Å². The molecule has 1 fully saturated rings. The maximum atomic E-state index is 12.0. The minimum atomic E-state index is -0.545. The van der Waals surface area contributed by atoms with Crippen molar-refractivity contribution in [1.29, 1.82) is 0 Å². The van der Waals surface area contributed by atoms with Gasteiger partial charge >= 0.3 is 5.97 Å². The van der Waals surface area contributed by atoms with Crippen LogP contribution in [-0.4, -0.2) is 31.1 Å². The quantitative estimate of drug-likeness (QED) is 0.597. The number of hydrogen-bond donors (Lipinski definition) is 1.